The smallest absolute Gasteiger partial charge is 0.185 e. The Hall–Kier alpha value is -1.63. The zero-order chi connectivity index (χ0) is 14.7. The molecule has 4 heteroatoms. The number of ketones is 1. The number of benzene rings is 2. The van der Waals surface area contributed by atoms with E-state index in [0.717, 1.165) is 11.1 Å². The Morgan fingerprint density at radius 2 is 1.95 bits per heavy atom. The van der Waals surface area contributed by atoms with Gasteiger partial charge in [0.15, 0.2) is 5.78 Å². The second kappa shape index (κ2) is 6.21. The molecule has 0 aliphatic heterocycles. The van der Waals surface area contributed by atoms with E-state index in [-0.39, 0.29) is 5.78 Å². The largest absolute Gasteiger partial charge is 0.292 e. The van der Waals surface area contributed by atoms with Crippen LogP contribution in [-0.2, 0) is 0 Å². The van der Waals surface area contributed by atoms with E-state index in [9.17, 15) is 10.1 Å². The molecular weight excluding hydrogens is 338 g/mol. The molecule has 2 aromatic carbocycles. The minimum Gasteiger partial charge on any atom is -0.292 e. The molecule has 0 aromatic heterocycles. The fourth-order valence-electron chi connectivity index (χ4n) is 2.03. The SMILES string of the molecule is Cc1ccccc1C(C#N)C(=O)c1cccc(Br)c1Cl. The van der Waals surface area contributed by atoms with E-state index in [1.807, 2.05) is 25.1 Å². The molecule has 0 fully saturated rings. The van der Waals surface area contributed by atoms with Gasteiger partial charge in [-0.1, -0.05) is 41.9 Å². The average Bonchev–Trinajstić information content (AvgIpc) is 2.44. The van der Waals surface area contributed by atoms with Crippen molar-refractivity contribution in [3.8, 4) is 6.07 Å². The van der Waals surface area contributed by atoms with Crippen LogP contribution in [0.2, 0.25) is 5.02 Å². The van der Waals surface area contributed by atoms with E-state index in [1.54, 1.807) is 24.3 Å². The van der Waals surface area contributed by atoms with E-state index < -0.39 is 5.92 Å². The third kappa shape index (κ3) is 2.77. The molecule has 1 unspecified atom stereocenters. The predicted octanol–water partition coefficient (Wildman–Crippen LogP) is 4.90. The maximum Gasteiger partial charge on any atom is 0.185 e. The van der Waals surface area contributed by atoms with Crippen LogP contribution in [0.15, 0.2) is 46.9 Å². The Balaban J connectivity index is 2.49. The van der Waals surface area contributed by atoms with Crippen LogP contribution in [0.25, 0.3) is 0 Å². The lowest BCUT2D eigenvalue weighted by atomic mass is 9.89. The summed E-state index contributed by atoms with van der Waals surface area (Å²) in [5.41, 5.74) is 1.99. The first-order valence-corrected chi connectivity index (χ1v) is 7.16. The fourth-order valence-corrected chi connectivity index (χ4v) is 2.62. The van der Waals surface area contributed by atoms with Gasteiger partial charge in [0.1, 0.15) is 5.92 Å². The topological polar surface area (TPSA) is 40.9 Å². The molecule has 20 heavy (non-hydrogen) atoms. The minimum atomic E-state index is -0.844. The number of hydrogen-bond donors (Lipinski definition) is 0. The molecule has 0 saturated carbocycles. The summed E-state index contributed by atoms with van der Waals surface area (Å²) in [6.07, 6.45) is 0. The standard InChI is InChI=1S/C16H11BrClNO/c1-10-5-2-3-6-11(10)13(9-19)16(20)12-7-4-8-14(17)15(12)18/h2-8,13H,1H3. The van der Waals surface area contributed by atoms with Gasteiger partial charge >= 0.3 is 0 Å². The fraction of sp³-hybridized carbons (Fsp3) is 0.125. The molecular formula is C16H11BrClNO. The average molecular weight is 349 g/mol. The summed E-state index contributed by atoms with van der Waals surface area (Å²) >= 11 is 9.43. The van der Waals surface area contributed by atoms with E-state index in [0.29, 0.717) is 15.1 Å². The van der Waals surface area contributed by atoms with E-state index >= 15 is 0 Å². The van der Waals surface area contributed by atoms with E-state index in [4.69, 9.17) is 11.6 Å². The van der Waals surface area contributed by atoms with Crippen molar-refractivity contribution in [2.24, 2.45) is 0 Å². The van der Waals surface area contributed by atoms with Crippen LogP contribution >= 0.6 is 27.5 Å². The predicted molar refractivity (Wildman–Crippen MR) is 83.0 cm³/mol. The first-order chi connectivity index (χ1) is 9.56. The van der Waals surface area contributed by atoms with Gasteiger partial charge in [-0.05, 0) is 46.1 Å². The number of carbonyl (C=O) groups is 1. The summed E-state index contributed by atoms with van der Waals surface area (Å²) in [7, 11) is 0. The van der Waals surface area contributed by atoms with Crippen LogP contribution in [0, 0.1) is 18.3 Å². The highest BCUT2D eigenvalue weighted by molar-refractivity contribution is 9.10. The lowest BCUT2D eigenvalue weighted by Crippen LogP contribution is -2.13. The minimum absolute atomic E-state index is 0.284. The molecule has 100 valence electrons. The third-order valence-electron chi connectivity index (χ3n) is 3.11. The van der Waals surface area contributed by atoms with Gasteiger partial charge in [-0.15, -0.1) is 0 Å². The lowest BCUT2D eigenvalue weighted by molar-refractivity contribution is 0.0978. The van der Waals surface area contributed by atoms with Gasteiger partial charge in [-0.2, -0.15) is 5.26 Å². The molecule has 0 aliphatic carbocycles. The maximum absolute atomic E-state index is 12.6. The zero-order valence-corrected chi connectivity index (χ0v) is 13.1. The number of nitriles is 1. The van der Waals surface area contributed by atoms with Gasteiger partial charge in [-0.25, -0.2) is 0 Å². The second-order valence-electron chi connectivity index (χ2n) is 4.38. The van der Waals surface area contributed by atoms with Crippen molar-refractivity contribution in [2.45, 2.75) is 12.8 Å². The van der Waals surface area contributed by atoms with Crippen LogP contribution in [0.1, 0.15) is 27.4 Å². The Labute approximate surface area is 131 Å². The Morgan fingerprint density at radius 3 is 2.60 bits per heavy atom. The van der Waals surface area contributed by atoms with Crippen molar-refractivity contribution in [1.82, 2.24) is 0 Å². The molecule has 0 aliphatic rings. The van der Waals surface area contributed by atoms with Crippen molar-refractivity contribution in [3.05, 3.63) is 68.7 Å². The number of nitrogens with zero attached hydrogens (tertiary/aromatic N) is 1. The van der Waals surface area contributed by atoms with Crippen LogP contribution in [0.4, 0.5) is 0 Å². The summed E-state index contributed by atoms with van der Waals surface area (Å²) < 4.78 is 0.645. The first-order valence-electron chi connectivity index (χ1n) is 5.99. The van der Waals surface area contributed by atoms with Crippen molar-refractivity contribution < 1.29 is 4.79 Å². The van der Waals surface area contributed by atoms with Crippen LogP contribution in [0.5, 0.6) is 0 Å². The molecule has 0 heterocycles. The monoisotopic (exact) mass is 347 g/mol. The highest BCUT2D eigenvalue weighted by Crippen LogP contribution is 2.31. The second-order valence-corrected chi connectivity index (χ2v) is 5.62. The summed E-state index contributed by atoms with van der Waals surface area (Å²) in [6, 6.07) is 14.6. The number of hydrogen-bond acceptors (Lipinski definition) is 2. The molecule has 0 saturated heterocycles. The summed E-state index contributed by atoms with van der Waals surface area (Å²) in [5, 5.41) is 9.71. The van der Waals surface area contributed by atoms with Crippen molar-refractivity contribution in [3.63, 3.8) is 0 Å². The lowest BCUT2D eigenvalue weighted by Gasteiger charge is -2.12. The van der Waals surface area contributed by atoms with Gasteiger partial charge in [-0.3, -0.25) is 4.79 Å². The molecule has 0 amide bonds. The molecule has 1 atom stereocenters. The zero-order valence-electron chi connectivity index (χ0n) is 10.7. The molecule has 0 N–H and O–H groups in total. The van der Waals surface area contributed by atoms with Crippen LogP contribution < -0.4 is 0 Å². The normalized spacial score (nSPS) is 11.7. The highest BCUT2D eigenvalue weighted by Gasteiger charge is 2.25. The van der Waals surface area contributed by atoms with Crippen molar-refractivity contribution in [1.29, 1.82) is 5.26 Å². The van der Waals surface area contributed by atoms with Crippen molar-refractivity contribution in [2.75, 3.05) is 0 Å². The Kier molecular flexibility index (Phi) is 4.59. The van der Waals surface area contributed by atoms with Crippen molar-refractivity contribution >= 4 is 33.3 Å². The van der Waals surface area contributed by atoms with Gasteiger partial charge in [0.05, 0.1) is 11.1 Å². The quantitative estimate of drug-likeness (QED) is 0.740. The molecule has 2 rings (SSSR count). The highest BCUT2D eigenvalue weighted by atomic mass is 79.9. The van der Waals surface area contributed by atoms with Crippen LogP contribution in [0.3, 0.4) is 0 Å². The molecule has 2 aromatic rings. The first kappa shape index (κ1) is 14.8. The molecule has 0 radical (unpaired) electrons. The summed E-state index contributed by atoms with van der Waals surface area (Å²) in [6.45, 7) is 1.88. The number of halogens is 2. The number of Topliss-reactive ketones (excluding diaryl/α,β-unsaturated/α-hetero) is 1. The number of carbonyl (C=O) groups excluding carboxylic acids is 1. The third-order valence-corrected chi connectivity index (χ3v) is 4.40. The van der Waals surface area contributed by atoms with Gasteiger partial charge in [0.2, 0.25) is 0 Å². The van der Waals surface area contributed by atoms with E-state index in [2.05, 4.69) is 22.0 Å². The van der Waals surface area contributed by atoms with Crippen LogP contribution in [-0.4, -0.2) is 5.78 Å². The van der Waals surface area contributed by atoms with E-state index in [1.165, 1.54) is 0 Å². The Bertz CT molecular complexity index is 706. The molecule has 0 spiro atoms. The summed E-state index contributed by atoms with van der Waals surface area (Å²) in [4.78, 5) is 12.6. The number of aryl methyl sites for hydroxylation is 1. The van der Waals surface area contributed by atoms with Gasteiger partial charge in [0.25, 0.3) is 0 Å². The molecule has 2 nitrogen and oxygen atoms in total. The van der Waals surface area contributed by atoms with Gasteiger partial charge < -0.3 is 0 Å². The van der Waals surface area contributed by atoms with Gasteiger partial charge in [0, 0.05) is 10.0 Å². The summed E-state index contributed by atoms with van der Waals surface area (Å²) in [5.74, 6) is -1.13. The number of rotatable bonds is 3. The molecule has 0 bridgehead atoms. The Morgan fingerprint density at radius 1 is 1.25 bits per heavy atom. The maximum atomic E-state index is 12.6.